The molecule has 0 aliphatic rings. The summed E-state index contributed by atoms with van der Waals surface area (Å²) in [7, 11) is -3.98. The van der Waals surface area contributed by atoms with E-state index in [1.54, 1.807) is 18.2 Å². The van der Waals surface area contributed by atoms with Crippen molar-refractivity contribution in [1.82, 2.24) is 10.2 Å². The van der Waals surface area contributed by atoms with Gasteiger partial charge in [0.1, 0.15) is 12.6 Å². The number of hydrogen-bond acceptors (Lipinski definition) is 4. The smallest absolute Gasteiger partial charge is 0.244 e. The van der Waals surface area contributed by atoms with Crippen molar-refractivity contribution in [1.29, 1.82) is 0 Å². The van der Waals surface area contributed by atoms with Crippen LogP contribution in [0.2, 0.25) is 20.1 Å². The van der Waals surface area contributed by atoms with E-state index in [9.17, 15) is 18.0 Å². The zero-order valence-electron chi connectivity index (χ0n) is 22.8. The maximum atomic E-state index is 14.1. The number of sulfonamides is 1. The molecule has 0 saturated carbocycles. The number of nitrogens with one attached hydrogen (secondary N) is 1. The fourth-order valence-electron chi connectivity index (χ4n) is 4.09. The Bertz CT molecular complexity index is 1490. The zero-order chi connectivity index (χ0) is 30.3. The van der Waals surface area contributed by atoms with Crippen LogP contribution in [0.4, 0.5) is 5.69 Å². The van der Waals surface area contributed by atoms with Crippen LogP contribution in [0.3, 0.4) is 0 Å². The first kappa shape index (κ1) is 33.0. The van der Waals surface area contributed by atoms with Crippen LogP contribution in [0, 0.1) is 5.92 Å². The van der Waals surface area contributed by atoms with Gasteiger partial charge in [0, 0.05) is 34.6 Å². The number of rotatable bonds is 12. The summed E-state index contributed by atoms with van der Waals surface area (Å²) in [5, 5.41) is 4.00. The minimum atomic E-state index is -3.98. The van der Waals surface area contributed by atoms with Gasteiger partial charge in [-0.05, 0) is 47.4 Å². The lowest BCUT2D eigenvalue weighted by Gasteiger charge is -2.34. The Morgan fingerprint density at radius 2 is 1.49 bits per heavy atom. The number of hydrogen-bond donors (Lipinski definition) is 1. The lowest BCUT2D eigenvalue weighted by Crippen LogP contribution is -2.53. The van der Waals surface area contributed by atoms with Crippen LogP contribution in [0.1, 0.15) is 25.0 Å². The highest BCUT2D eigenvalue weighted by Crippen LogP contribution is 2.31. The highest BCUT2D eigenvalue weighted by molar-refractivity contribution is 7.92. The normalized spacial score (nSPS) is 12.2. The molecule has 0 fully saturated rings. The molecule has 1 N–H and O–H groups in total. The average Bonchev–Trinajstić information content (AvgIpc) is 2.89. The van der Waals surface area contributed by atoms with Crippen molar-refractivity contribution in [2.45, 2.75) is 32.9 Å². The molecule has 0 unspecified atom stereocenters. The number of nitrogens with zero attached hydrogens (tertiary/aromatic N) is 2. The van der Waals surface area contributed by atoms with Crippen LogP contribution in [0.5, 0.6) is 0 Å². The van der Waals surface area contributed by atoms with Crippen molar-refractivity contribution in [2.24, 2.45) is 5.92 Å². The minimum Gasteiger partial charge on any atom is -0.354 e. The monoisotopic (exact) mass is 657 g/mol. The third-order valence-electron chi connectivity index (χ3n) is 6.17. The molecule has 7 nitrogen and oxygen atoms in total. The summed E-state index contributed by atoms with van der Waals surface area (Å²) in [5.41, 5.74) is 1.44. The molecule has 3 aromatic rings. The largest absolute Gasteiger partial charge is 0.354 e. The number of carbonyl (C=O) groups is 2. The molecule has 3 aromatic carbocycles. The molecule has 0 spiro atoms. The van der Waals surface area contributed by atoms with Crippen molar-refractivity contribution >= 4 is 73.9 Å². The van der Waals surface area contributed by atoms with Gasteiger partial charge in [0.2, 0.25) is 21.8 Å². The molecule has 0 aliphatic heterocycles. The fourth-order valence-corrected chi connectivity index (χ4v) is 5.98. The van der Waals surface area contributed by atoms with E-state index in [4.69, 9.17) is 46.4 Å². The molecule has 0 aromatic heterocycles. The van der Waals surface area contributed by atoms with E-state index in [1.807, 2.05) is 44.2 Å². The van der Waals surface area contributed by atoms with Crippen LogP contribution >= 0.6 is 46.4 Å². The van der Waals surface area contributed by atoms with Gasteiger partial charge in [0.05, 0.1) is 17.0 Å². The van der Waals surface area contributed by atoms with Gasteiger partial charge < -0.3 is 10.2 Å². The number of halogens is 4. The van der Waals surface area contributed by atoms with Crippen molar-refractivity contribution in [2.75, 3.05) is 23.7 Å². The lowest BCUT2D eigenvalue weighted by atomic mass is 10.0. The Morgan fingerprint density at radius 3 is 2.05 bits per heavy atom. The number of benzene rings is 3. The molecule has 0 bridgehead atoms. The van der Waals surface area contributed by atoms with E-state index in [-0.39, 0.29) is 35.5 Å². The first-order valence-corrected chi connectivity index (χ1v) is 16.1. The van der Waals surface area contributed by atoms with E-state index in [1.165, 1.54) is 23.1 Å². The second-order valence-corrected chi connectivity index (χ2v) is 13.6. The van der Waals surface area contributed by atoms with Gasteiger partial charge in [-0.2, -0.15) is 0 Å². The summed E-state index contributed by atoms with van der Waals surface area (Å²) in [4.78, 5) is 29.1. The number of amides is 2. The summed E-state index contributed by atoms with van der Waals surface area (Å²) in [6.07, 6.45) is 1.16. The van der Waals surface area contributed by atoms with Gasteiger partial charge in [-0.25, -0.2) is 8.42 Å². The van der Waals surface area contributed by atoms with E-state index in [2.05, 4.69) is 5.32 Å². The first-order chi connectivity index (χ1) is 19.3. The van der Waals surface area contributed by atoms with Crippen LogP contribution < -0.4 is 9.62 Å². The Hall–Kier alpha value is -2.49. The van der Waals surface area contributed by atoms with Crippen LogP contribution in [0.25, 0.3) is 0 Å². The lowest BCUT2D eigenvalue weighted by molar-refractivity contribution is -0.140. The van der Waals surface area contributed by atoms with Gasteiger partial charge in [-0.3, -0.25) is 13.9 Å². The molecule has 0 radical (unpaired) electrons. The zero-order valence-corrected chi connectivity index (χ0v) is 26.6. The topological polar surface area (TPSA) is 86.8 Å². The molecule has 1 atom stereocenters. The molecule has 12 heteroatoms. The van der Waals surface area contributed by atoms with Gasteiger partial charge in [0.25, 0.3) is 0 Å². The van der Waals surface area contributed by atoms with E-state index < -0.39 is 28.5 Å². The molecule has 0 heterocycles. The molecule has 0 saturated heterocycles. The highest BCUT2D eigenvalue weighted by Gasteiger charge is 2.34. The number of carbonyl (C=O) groups excluding carboxylic acids is 2. The molecular weight excluding hydrogens is 628 g/mol. The second-order valence-electron chi connectivity index (χ2n) is 9.97. The average molecular weight is 659 g/mol. The Balaban J connectivity index is 2.09. The molecule has 2 amide bonds. The summed E-state index contributed by atoms with van der Waals surface area (Å²) in [6, 6.07) is 17.4. The van der Waals surface area contributed by atoms with Gasteiger partial charge >= 0.3 is 0 Å². The third kappa shape index (κ3) is 9.51. The van der Waals surface area contributed by atoms with Crippen LogP contribution in [0.15, 0.2) is 66.7 Å². The predicted molar refractivity (Wildman–Crippen MR) is 167 cm³/mol. The summed E-state index contributed by atoms with van der Waals surface area (Å²) < 4.78 is 26.7. The standard InChI is InChI=1S/C29H31Cl4N3O4S/c1-19(2)16-34-29(38)27(13-20-7-5-4-6-8-20)35(17-21-9-10-22(30)14-24(21)32)28(37)18-36(41(3,39)40)26-12-11-23(31)15-25(26)33/h4-12,14-15,19,27H,13,16-18H2,1-3H3,(H,34,38)/t27-/m0/s1. The fraction of sp³-hybridized carbons (Fsp3) is 0.310. The van der Waals surface area contributed by atoms with Crippen molar-refractivity contribution in [3.05, 3.63) is 97.9 Å². The SMILES string of the molecule is CC(C)CNC(=O)[C@H](Cc1ccccc1)N(Cc1ccc(Cl)cc1Cl)C(=O)CN(c1ccc(Cl)cc1Cl)S(C)(=O)=O. The van der Waals surface area contributed by atoms with Gasteiger partial charge in [-0.15, -0.1) is 0 Å². The van der Waals surface area contributed by atoms with Crippen LogP contribution in [-0.2, 0) is 32.6 Å². The summed E-state index contributed by atoms with van der Waals surface area (Å²) in [6.45, 7) is 3.62. The van der Waals surface area contributed by atoms with Gasteiger partial charge in [0.15, 0.2) is 0 Å². The molecule has 220 valence electrons. The van der Waals surface area contributed by atoms with E-state index in [0.29, 0.717) is 27.2 Å². The maximum Gasteiger partial charge on any atom is 0.244 e. The van der Waals surface area contributed by atoms with E-state index >= 15 is 0 Å². The maximum absolute atomic E-state index is 14.1. The highest BCUT2D eigenvalue weighted by atomic mass is 35.5. The minimum absolute atomic E-state index is 0.0542. The molecule has 0 aliphatic carbocycles. The van der Waals surface area contributed by atoms with Crippen LogP contribution in [-0.4, -0.2) is 50.5 Å². The molecule has 41 heavy (non-hydrogen) atoms. The van der Waals surface area contributed by atoms with Crippen molar-refractivity contribution in [3.63, 3.8) is 0 Å². The van der Waals surface area contributed by atoms with Crippen molar-refractivity contribution in [3.8, 4) is 0 Å². The quantitative estimate of drug-likeness (QED) is 0.241. The molecular formula is C29H31Cl4N3O4S. The third-order valence-corrected chi connectivity index (χ3v) is 8.42. The summed E-state index contributed by atoms with van der Waals surface area (Å²) >= 11 is 24.9. The molecule has 3 rings (SSSR count). The second kappa shape index (κ2) is 14.6. The van der Waals surface area contributed by atoms with Crippen molar-refractivity contribution < 1.29 is 18.0 Å². The Labute approximate surface area is 261 Å². The Kier molecular flexibility index (Phi) is 11.8. The van der Waals surface area contributed by atoms with Gasteiger partial charge in [-0.1, -0.05) is 96.6 Å². The summed E-state index contributed by atoms with van der Waals surface area (Å²) in [5.74, 6) is -0.844. The first-order valence-electron chi connectivity index (χ1n) is 12.7. The predicted octanol–water partition coefficient (Wildman–Crippen LogP) is 6.48. The van der Waals surface area contributed by atoms with E-state index in [0.717, 1.165) is 16.1 Å². The number of anilines is 1. The Morgan fingerprint density at radius 1 is 0.878 bits per heavy atom.